The van der Waals surface area contributed by atoms with E-state index in [-0.39, 0.29) is 36.8 Å². The van der Waals surface area contributed by atoms with Gasteiger partial charge in [0, 0.05) is 11.7 Å². The number of amides is 2. The summed E-state index contributed by atoms with van der Waals surface area (Å²) in [6.07, 6.45) is 1.02. The van der Waals surface area contributed by atoms with Crippen LogP contribution in [0.2, 0.25) is 0 Å². The summed E-state index contributed by atoms with van der Waals surface area (Å²) in [6.45, 7) is 3.62. The average Bonchev–Trinajstić information content (AvgIpc) is 3.16. The predicted octanol–water partition coefficient (Wildman–Crippen LogP) is 2.20. The van der Waals surface area contributed by atoms with Crippen LogP contribution in [-0.2, 0) is 9.53 Å². The van der Waals surface area contributed by atoms with E-state index in [2.05, 4.69) is 5.32 Å². The highest BCUT2D eigenvalue weighted by Crippen LogP contribution is 2.31. The van der Waals surface area contributed by atoms with E-state index in [1.807, 2.05) is 26.0 Å². The Hall–Kier alpha value is -2.64. The van der Waals surface area contributed by atoms with Gasteiger partial charge in [-0.3, -0.25) is 9.59 Å². The van der Waals surface area contributed by atoms with Crippen LogP contribution < -0.4 is 5.32 Å². The van der Waals surface area contributed by atoms with Gasteiger partial charge in [-0.2, -0.15) is 0 Å². The van der Waals surface area contributed by atoms with Gasteiger partial charge in [-0.25, -0.2) is 0 Å². The molecule has 7 nitrogen and oxygen atoms in total. The number of furan rings is 1. The summed E-state index contributed by atoms with van der Waals surface area (Å²) in [4.78, 5) is 25.8. The normalized spacial score (nSPS) is 20.5. The average molecular weight is 358 g/mol. The Morgan fingerprint density at radius 1 is 1.31 bits per heavy atom. The fourth-order valence-corrected chi connectivity index (χ4v) is 3.21. The smallest absolute Gasteiger partial charge is 0.291 e. The largest absolute Gasteiger partial charge is 0.459 e. The maximum Gasteiger partial charge on any atom is 0.291 e. The van der Waals surface area contributed by atoms with Crippen LogP contribution in [0, 0.1) is 0 Å². The van der Waals surface area contributed by atoms with E-state index in [1.165, 1.54) is 6.26 Å². The van der Waals surface area contributed by atoms with Crippen LogP contribution in [0.5, 0.6) is 0 Å². The zero-order chi connectivity index (χ0) is 18.7. The molecule has 2 unspecified atom stereocenters. The van der Waals surface area contributed by atoms with E-state index in [1.54, 1.807) is 29.2 Å². The number of hydrogen-bond donors (Lipinski definition) is 2. The van der Waals surface area contributed by atoms with Gasteiger partial charge >= 0.3 is 0 Å². The van der Waals surface area contributed by atoms with Crippen molar-refractivity contribution in [1.82, 2.24) is 4.90 Å². The van der Waals surface area contributed by atoms with Gasteiger partial charge in [-0.05, 0) is 43.7 Å². The molecule has 0 bridgehead atoms. The highest BCUT2D eigenvalue weighted by molar-refractivity contribution is 6.02. The minimum atomic E-state index is -0.445. The van der Waals surface area contributed by atoms with Gasteiger partial charge in [0.15, 0.2) is 5.76 Å². The molecule has 0 aliphatic carbocycles. The van der Waals surface area contributed by atoms with E-state index in [4.69, 9.17) is 9.15 Å². The topological polar surface area (TPSA) is 92.0 Å². The number of rotatable bonds is 5. The van der Waals surface area contributed by atoms with E-state index in [0.29, 0.717) is 5.69 Å². The first kappa shape index (κ1) is 18.2. The molecule has 2 aromatic rings. The molecular formula is C19H22N2O5. The third kappa shape index (κ3) is 3.63. The third-order valence-electron chi connectivity index (χ3n) is 4.37. The molecule has 2 heterocycles. The van der Waals surface area contributed by atoms with Gasteiger partial charge in [0.1, 0.15) is 12.7 Å². The van der Waals surface area contributed by atoms with Crippen molar-refractivity contribution < 1.29 is 23.8 Å². The van der Waals surface area contributed by atoms with Crippen molar-refractivity contribution in [3.63, 3.8) is 0 Å². The molecule has 26 heavy (non-hydrogen) atoms. The fraction of sp³-hybridized carbons (Fsp3) is 0.368. The first-order valence-electron chi connectivity index (χ1n) is 8.49. The lowest BCUT2D eigenvalue weighted by atomic mass is 9.98. The number of benzene rings is 1. The molecule has 0 radical (unpaired) electrons. The number of carbonyl (C=O) groups is 2. The molecule has 1 fully saturated rings. The van der Waals surface area contributed by atoms with Gasteiger partial charge in [-0.15, -0.1) is 0 Å². The number of morpholine rings is 1. The quantitative estimate of drug-likeness (QED) is 0.855. The summed E-state index contributed by atoms with van der Waals surface area (Å²) < 4.78 is 10.7. The van der Waals surface area contributed by atoms with Crippen molar-refractivity contribution in [3.05, 3.63) is 54.0 Å². The first-order valence-corrected chi connectivity index (χ1v) is 8.49. The number of hydrogen-bond acceptors (Lipinski definition) is 5. The molecule has 1 aliphatic rings. The van der Waals surface area contributed by atoms with Gasteiger partial charge in [0.25, 0.3) is 5.91 Å². The molecule has 1 aromatic heterocycles. The Bertz CT molecular complexity index is 755. The summed E-state index contributed by atoms with van der Waals surface area (Å²) in [6, 6.07) is 9.91. The van der Waals surface area contributed by atoms with E-state index in [0.717, 1.165) is 5.56 Å². The van der Waals surface area contributed by atoms with Gasteiger partial charge < -0.3 is 24.5 Å². The Labute approximate surface area is 151 Å². The molecule has 1 saturated heterocycles. The zero-order valence-electron chi connectivity index (χ0n) is 14.7. The van der Waals surface area contributed by atoms with Crippen molar-refractivity contribution in [1.29, 1.82) is 0 Å². The maximum absolute atomic E-state index is 12.1. The molecule has 2 N–H and O–H groups in total. The number of nitrogens with zero attached hydrogens (tertiary/aromatic N) is 1. The van der Waals surface area contributed by atoms with Crippen LogP contribution in [0.25, 0.3) is 0 Å². The Balaban J connectivity index is 1.75. The van der Waals surface area contributed by atoms with Gasteiger partial charge in [0.05, 0.1) is 18.9 Å². The predicted molar refractivity (Wildman–Crippen MR) is 94.7 cm³/mol. The van der Waals surface area contributed by atoms with E-state index < -0.39 is 12.1 Å². The minimum absolute atomic E-state index is 0.0175. The number of aliphatic hydroxyl groups excluding tert-OH is 1. The van der Waals surface area contributed by atoms with Crippen LogP contribution >= 0.6 is 0 Å². The lowest BCUT2D eigenvalue weighted by Crippen LogP contribution is -2.55. The molecule has 3 rings (SSSR count). The Kier molecular flexibility index (Phi) is 5.39. The van der Waals surface area contributed by atoms with Gasteiger partial charge in [-0.1, -0.05) is 12.1 Å². The summed E-state index contributed by atoms with van der Waals surface area (Å²) in [5.41, 5.74) is 1.45. The van der Waals surface area contributed by atoms with Crippen molar-refractivity contribution in [3.8, 4) is 0 Å². The van der Waals surface area contributed by atoms with E-state index >= 15 is 0 Å². The number of ether oxygens (including phenoxy) is 1. The van der Waals surface area contributed by atoms with Crippen LogP contribution in [0.3, 0.4) is 0 Å². The molecular weight excluding hydrogens is 336 g/mol. The highest BCUT2D eigenvalue weighted by atomic mass is 16.5. The summed E-state index contributed by atoms with van der Waals surface area (Å²) in [7, 11) is 0. The van der Waals surface area contributed by atoms with Crippen molar-refractivity contribution in [2.24, 2.45) is 0 Å². The standard InChI is InChI=1S/C19H22N2O5/c1-12(2)21-15(10-22)18(26-11-17(21)23)13-5-7-14(8-6-13)20-19(24)16-4-3-9-25-16/h3-9,12,15,18,22H,10-11H2,1-2H3,(H,20,24). The SMILES string of the molecule is CC(C)N1C(=O)COC(c2ccc(NC(=O)c3ccco3)cc2)C1CO. The number of anilines is 1. The first-order chi connectivity index (χ1) is 12.5. The van der Waals surface area contributed by atoms with Gasteiger partial charge in [0.2, 0.25) is 5.91 Å². The lowest BCUT2D eigenvalue weighted by molar-refractivity contribution is -0.164. The molecule has 0 saturated carbocycles. The number of nitrogens with one attached hydrogen (secondary N) is 1. The molecule has 0 spiro atoms. The zero-order valence-corrected chi connectivity index (χ0v) is 14.7. The second-order valence-electron chi connectivity index (χ2n) is 6.43. The van der Waals surface area contributed by atoms with Crippen LogP contribution in [-0.4, -0.2) is 47.1 Å². The molecule has 1 aliphatic heterocycles. The third-order valence-corrected chi connectivity index (χ3v) is 4.37. The molecule has 138 valence electrons. The van der Waals surface area contributed by atoms with Crippen molar-refractivity contribution in [2.75, 3.05) is 18.5 Å². The van der Waals surface area contributed by atoms with E-state index in [9.17, 15) is 14.7 Å². The maximum atomic E-state index is 12.1. The second-order valence-corrected chi connectivity index (χ2v) is 6.43. The summed E-state index contributed by atoms with van der Waals surface area (Å²) in [5, 5.41) is 12.5. The highest BCUT2D eigenvalue weighted by Gasteiger charge is 2.38. The summed E-state index contributed by atoms with van der Waals surface area (Å²) in [5.74, 6) is -0.227. The second kappa shape index (κ2) is 7.72. The van der Waals surface area contributed by atoms with Crippen molar-refractivity contribution >= 4 is 17.5 Å². The van der Waals surface area contributed by atoms with Crippen molar-refractivity contribution in [2.45, 2.75) is 32.0 Å². The number of aliphatic hydroxyl groups is 1. The molecule has 2 amide bonds. The van der Waals surface area contributed by atoms with Crippen LogP contribution in [0.15, 0.2) is 47.1 Å². The number of carbonyl (C=O) groups excluding carboxylic acids is 2. The monoisotopic (exact) mass is 358 g/mol. The Morgan fingerprint density at radius 2 is 2.04 bits per heavy atom. The Morgan fingerprint density at radius 3 is 2.62 bits per heavy atom. The lowest BCUT2D eigenvalue weighted by Gasteiger charge is -2.42. The van der Waals surface area contributed by atoms with Crippen LogP contribution in [0.4, 0.5) is 5.69 Å². The molecule has 1 aromatic carbocycles. The van der Waals surface area contributed by atoms with Crippen LogP contribution in [0.1, 0.15) is 36.1 Å². The molecule has 2 atom stereocenters. The summed E-state index contributed by atoms with van der Waals surface area (Å²) >= 11 is 0. The molecule has 7 heteroatoms. The fourth-order valence-electron chi connectivity index (χ4n) is 3.21. The minimum Gasteiger partial charge on any atom is -0.459 e.